The van der Waals surface area contributed by atoms with Crippen molar-refractivity contribution >= 4 is 28.7 Å². The van der Waals surface area contributed by atoms with Crippen LogP contribution in [0.4, 0.5) is 11.4 Å². The number of anilines is 2. The summed E-state index contributed by atoms with van der Waals surface area (Å²) in [5.41, 5.74) is 4.08. The van der Waals surface area contributed by atoms with Crippen molar-refractivity contribution in [3.63, 3.8) is 0 Å². The zero-order chi connectivity index (χ0) is 15.9. The highest BCUT2D eigenvalue weighted by molar-refractivity contribution is 6.33. The Balaban J connectivity index is 2.06. The lowest BCUT2D eigenvalue weighted by Crippen LogP contribution is -2.46. The second kappa shape index (κ2) is 7.65. The molecule has 6 nitrogen and oxygen atoms in total. The number of halogens is 1. The van der Waals surface area contributed by atoms with Crippen molar-refractivity contribution in [1.29, 1.82) is 10.5 Å². The van der Waals surface area contributed by atoms with Crippen LogP contribution in [0.5, 0.6) is 0 Å². The second-order valence-corrected chi connectivity index (χ2v) is 5.29. The van der Waals surface area contributed by atoms with Crippen LogP contribution in [-0.2, 0) is 0 Å². The highest BCUT2D eigenvalue weighted by Gasteiger charge is 2.17. The molecule has 1 aromatic rings. The van der Waals surface area contributed by atoms with E-state index in [1.807, 2.05) is 12.1 Å². The minimum atomic E-state index is -0.226. The number of hydrogen-bond donors (Lipinski definition) is 1. The Labute approximate surface area is 135 Å². The third-order valence-electron chi connectivity index (χ3n) is 3.62. The van der Waals surface area contributed by atoms with E-state index in [1.165, 1.54) is 0 Å². The molecule has 114 valence electrons. The molecule has 22 heavy (non-hydrogen) atoms. The van der Waals surface area contributed by atoms with Crippen molar-refractivity contribution in [3.05, 3.63) is 23.2 Å². The van der Waals surface area contributed by atoms with Gasteiger partial charge in [-0.15, -0.1) is 0 Å². The first-order valence-electron chi connectivity index (χ1n) is 7.08. The summed E-state index contributed by atoms with van der Waals surface area (Å²) in [5, 5.41) is 21.6. The number of nitrogens with zero attached hydrogens (tertiary/aromatic N) is 5. The molecular weight excluding hydrogens is 300 g/mol. The number of nitrogens with one attached hydrogen (secondary N) is 1. The van der Waals surface area contributed by atoms with Gasteiger partial charge in [-0.1, -0.05) is 18.5 Å². The Morgan fingerprint density at radius 1 is 1.27 bits per heavy atom. The molecule has 0 bridgehead atoms. The van der Waals surface area contributed by atoms with Crippen LogP contribution in [0.3, 0.4) is 0 Å². The summed E-state index contributed by atoms with van der Waals surface area (Å²) < 4.78 is 0. The Morgan fingerprint density at radius 3 is 2.50 bits per heavy atom. The molecule has 1 aromatic carbocycles. The summed E-state index contributed by atoms with van der Waals surface area (Å²) in [7, 11) is 0. The molecule has 0 spiro atoms. The van der Waals surface area contributed by atoms with Crippen LogP contribution in [0.25, 0.3) is 0 Å². The van der Waals surface area contributed by atoms with Gasteiger partial charge in [0.15, 0.2) is 0 Å². The average molecular weight is 317 g/mol. The Bertz CT molecular complexity index is 618. The quantitative estimate of drug-likeness (QED) is 0.681. The first-order valence-corrected chi connectivity index (χ1v) is 7.46. The topological polar surface area (TPSA) is 78.4 Å². The SMILES string of the molecule is CCN1CCN(c2ccc(NN=C(C#N)C#N)cc2Cl)CC1. The van der Waals surface area contributed by atoms with E-state index in [1.54, 1.807) is 18.2 Å². The minimum absolute atomic E-state index is 0.226. The normalized spacial score (nSPS) is 14.8. The number of likely N-dealkylation sites (N-methyl/N-ethyl adjacent to an activating group) is 1. The van der Waals surface area contributed by atoms with Gasteiger partial charge >= 0.3 is 0 Å². The van der Waals surface area contributed by atoms with E-state index in [0.29, 0.717) is 10.7 Å². The largest absolute Gasteiger partial charge is 0.368 e. The van der Waals surface area contributed by atoms with Gasteiger partial charge in [-0.2, -0.15) is 15.6 Å². The molecule has 0 radical (unpaired) electrons. The maximum absolute atomic E-state index is 8.63. The number of hydrazone groups is 1. The van der Waals surface area contributed by atoms with Gasteiger partial charge in [0.1, 0.15) is 12.1 Å². The van der Waals surface area contributed by atoms with E-state index in [2.05, 4.69) is 27.3 Å². The van der Waals surface area contributed by atoms with Gasteiger partial charge in [-0.05, 0) is 24.7 Å². The van der Waals surface area contributed by atoms with E-state index in [0.717, 1.165) is 38.4 Å². The number of rotatable bonds is 4. The summed E-state index contributed by atoms with van der Waals surface area (Å²) in [4.78, 5) is 4.66. The van der Waals surface area contributed by atoms with Gasteiger partial charge in [0.05, 0.1) is 16.4 Å². The summed E-state index contributed by atoms with van der Waals surface area (Å²) in [6.07, 6.45) is 0. The van der Waals surface area contributed by atoms with Crippen LogP contribution in [0, 0.1) is 22.7 Å². The van der Waals surface area contributed by atoms with E-state index >= 15 is 0 Å². The van der Waals surface area contributed by atoms with Gasteiger partial charge in [-0.25, -0.2) is 0 Å². The average Bonchev–Trinajstić information content (AvgIpc) is 2.56. The predicted molar refractivity (Wildman–Crippen MR) is 88.1 cm³/mol. The first-order chi connectivity index (χ1) is 10.7. The van der Waals surface area contributed by atoms with Gasteiger partial charge in [0, 0.05) is 26.2 Å². The van der Waals surface area contributed by atoms with Gasteiger partial charge in [-0.3, -0.25) is 5.43 Å². The monoisotopic (exact) mass is 316 g/mol. The molecule has 0 unspecified atom stereocenters. The van der Waals surface area contributed by atoms with E-state index in [9.17, 15) is 0 Å². The Kier molecular flexibility index (Phi) is 5.60. The van der Waals surface area contributed by atoms with Gasteiger partial charge in [0.2, 0.25) is 5.71 Å². The third kappa shape index (κ3) is 3.88. The smallest absolute Gasteiger partial charge is 0.237 e. The fourth-order valence-corrected chi connectivity index (χ4v) is 2.63. The maximum atomic E-state index is 8.63. The van der Waals surface area contributed by atoms with E-state index in [-0.39, 0.29) is 5.71 Å². The molecule has 1 saturated heterocycles. The minimum Gasteiger partial charge on any atom is -0.368 e. The molecule has 2 rings (SSSR count). The molecule has 1 aliphatic heterocycles. The van der Waals surface area contributed by atoms with Crippen LogP contribution < -0.4 is 10.3 Å². The Hall–Kier alpha value is -2.28. The number of hydrogen-bond acceptors (Lipinski definition) is 6. The fourth-order valence-electron chi connectivity index (χ4n) is 2.33. The van der Waals surface area contributed by atoms with Crippen LogP contribution in [0.2, 0.25) is 5.02 Å². The number of nitriles is 2. The van der Waals surface area contributed by atoms with Gasteiger partial charge in [0.25, 0.3) is 0 Å². The highest BCUT2D eigenvalue weighted by atomic mass is 35.5. The fraction of sp³-hybridized carbons (Fsp3) is 0.400. The Morgan fingerprint density at radius 2 is 1.95 bits per heavy atom. The summed E-state index contributed by atoms with van der Waals surface area (Å²) >= 11 is 6.34. The molecule has 1 fully saturated rings. The third-order valence-corrected chi connectivity index (χ3v) is 3.92. The zero-order valence-corrected chi connectivity index (χ0v) is 13.1. The molecule has 0 aliphatic carbocycles. The van der Waals surface area contributed by atoms with Gasteiger partial charge < -0.3 is 9.80 Å². The lowest BCUT2D eigenvalue weighted by molar-refractivity contribution is 0.271. The number of piperazine rings is 1. The molecule has 1 heterocycles. The lowest BCUT2D eigenvalue weighted by Gasteiger charge is -2.36. The molecule has 0 atom stereocenters. The summed E-state index contributed by atoms with van der Waals surface area (Å²) in [6.45, 7) is 7.20. The molecule has 1 aliphatic rings. The van der Waals surface area contributed by atoms with E-state index in [4.69, 9.17) is 22.1 Å². The second-order valence-electron chi connectivity index (χ2n) is 4.88. The maximum Gasteiger partial charge on any atom is 0.237 e. The molecule has 7 heteroatoms. The van der Waals surface area contributed by atoms with Crippen LogP contribution in [0.1, 0.15) is 6.92 Å². The standard InChI is InChI=1S/C15H17ClN6/c1-2-21-5-7-22(8-6-21)15-4-3-12(9-14(15)16)19-20-13(10-17)11-18/h3-4,9,19H,2,5-8H2,1H3. The zero-order valence-electron chi connectivity index (χ0n) is 12.4. The van der Waals surface area contributed by atoms with Crippen molar-refractivity contribution in [3.8, 4) is 12.1 Å². The van der Waals surface area contributed by atoms with Crippen molar-refractivity contribution < 1.29 is 0 Å². The van der Waals surface area contributed by atoms with Crippen molar-refractivity contribution in [2.24, 2.45) is 5.10 Å². The van der Waals surface area contributed by atoms with Crippen molar-refractivity contribution in [2.45, 2.75) is 6.92 Å². The molecule has 0 aromatic heterocycles. The van der Waals surface area contributed by atoms with Crippen LogP contribution >= 0.6 is 11.6 Å². The first kappa shape index (κ1) is 16.1. The molecule has 0 amide bonds. The molecule has 0 saturated carbocycles. The molecule has 1 N–H and O–H groups in total. The van der Waals surface area contributed by atoms with Crippen molar-refractivity contribution in [2.75, 3.05) is 43.0 Å². The summed E-state index contributed by atoms with van der Waals surface area (Å²) in [5.74, 6) is 0. The van der Waals surface area contributed by atoms with Crippen LogP contribution in [0.15, 0.2) is 23.3 Å². The van der Waals surface area contributed by atoms with Crippen LogP contribution in [-0.4, -0.2) is 43.3 Å². The predicted octanol–water partition coefficient (Wildman–Crippen LogP) is 2.30. The lowest BCUT2D eigenvalue weighted by atomic mass is 10.2. The molecular formula is C15H17ClN6. The number of benzene rings is 1. The summed E-state index contributed by atoms with van der Waals surface area (Å²) in [6, 6.07) is 8.90. The highest BCUT2D eigenvalue weighted by Crippen LogP contribution is 2.29. The van der Waals surface area contributed by atoms with E-state index < -0.39 is 0 Å². The van der Waals surface area contributed by atoms with Crippen molar-refractivity contribution in [1.82, 2.24) is 4.90 Å².